The third-order valence-electron chi connectivity index (χ3n) is 6.85. The summed E-state index contributed by atoms with van der Waals surface area (Å²) in [5.74, 6) is 0.219. The number of H-pyrrole nitrogens is 1. The molecule has 2 heterocycles. The first-order valence-electron chi connectivity index (χ1n) is 11.0. The lowest BCUT2D eigenvalue weighted by Crippen LogP contribution is -2.50. The van der Waals surface area contributed by atoms with Crippen LogP contribution in [0, 0.1) is 0 Å². The Labute approximate surface area is 182 Å². The molecule has 3 aromatic carbocycles. The summed E-state index contributed by atoms with van der Waals surface area (Å²) in [7, 11) is 0. The second kappa shape index (κ2) is 7.40. The summed E-state index contributed by atoms with van der Waals surface area (Å²) in [5, 5.41) is 1.15. The van der Waals surface area contributed by atoms with E-state index in [0.29, 0.717) is 12.5 Å². The highest BCUT2D eigenvalue weighted by atomic mass is 16.2. The van der Waals surface area contributed by atoms with E-state index < -0.39 is 0 Å². The molecular formula is C27H25N3O. The van der Waals surface area contributed by atoms with Crippen LogP contribution in [-0.4, -0.2) is 46.9 Å². The molecule has 4 heteroatoms. The molecule has 0 spiro atoms. The number of fused-ring (bicyclic) bond motifs is 4. The van der Waals surface area contributed by atoms with Gasteiger partial charge < -0.3 is 9.88 Å². The van der Waals surface area contributed by atoms with E-state index in [9.17, 15) is 4.79 Å². The van der Waals surface area contributed by atoms with Gasteiger partial charge in [-0.3, -0.25) is 9.69 Å². The van der Waals surface area contributed by atoms with Gasteiger partial charge in [-0.15, -0.1) is 0 Å². The number of carbonyl (C=O) groups is 1. The van der Waals surface area contributed by atoms with Gasteiger partial charge in [0.15, 0.2) is 0 Å². The third kappa shape index (κ3) is 3.06. The summed E-state index contributed by atoms with van der Waals surface area (Å²) in [4.78, 5) is 20.9. The van der Waals surface area contributed by atoms with Crippen LogP contribution >= 0.6 is 0 Å². The van der Waals surface area contributed by atoms with Crippen LogP contribution in [-0.2, 0) is 11.2 Å². The van der Waals surface area contributed by atoms with Gasteiger partial charge in [-0.2, -0.15) is 0 Å². The molecule has 0 bridgehead atoms. The SMILES string of the molecule is O=C(Cc1c[nH]c2ccccc12)N1CCN(C2c3ccccc3-c3ccccc32)CC1. The minimum Gasteiger partial charge on any atom is -0.361 e. The van der Waals surface area contributed by atoms with E-state index in [-0.39, 0.29) is 5.91 Å². The Morgan fingerprint density at radius 3 is 2.13 bits per heavy atom. The zero-order chi connectivity index (χ0) is 20.8. The molecule has 1 aliphatic heterocycles. The average Bonchev–Trinajstić information content (AvgIpc) is 3.38. The number of piperazine rings is 1. The van der Waals surface area contributed by atoms with Gasteiger partial charge in [0.1, 0.15) is 0 Å². The molecule has 0 unspecified atom stereocenters. The van der Waals surface area contributed by atoms with Crippen molar-refractivity contribution in [1.29, 1.82) is 0 Å². The van der Waals surface area contributed by atoms with Gasteiger partial charge in [0.05, 0.1) is 12.5 Å². The van der Waals surface area contributed by atoms with Gasteiger partial charge in [0.25, 0.3) is 0 Å². The zero-order valence-electron chi connectivity index (χ0n) is 17.4. The van der Waals surface area contributed by atoms with Crippen LogP contribution in [0.5, 0.6) is 0 Å². The maximum Gasteiger partial charge on any atom is 0.227 e. The Morgan fingerprint density at radius 2 is 1.42 bits per heavy atom. The number of para-hydroxylation sites is 1. The minimum absolute atomic E-state index is 0.219. The first-order chi connectivity index (χ1) is 15.3. The van der Waals surface area contributed by atoms with E-state index in [4.69, 9.17) is 0 Å². The Morgan fingerprint density at radius 1 is 0.806 bits per heavy atom. The maximum absolute atomic E-state index is 13.0. The fourth-order valence-electron chi connectivity index (χ4n) is 5.30. The number of amides is 1. The zero-order valence-corrected chi connectivity index (χ0v) is 17.4. The van der Waals surface area contributed by atoms with Gasteiger partial charge in [0.2, 0.25) is 5.91 Å². The van der Waals surface area contributed by atoms with Gasteiger partial charge >= 0.3 is 0 Å². The monoisotopic (exact) mass is 407 g/mol. The molecule has 1 saturated heterocycles. The molecule has 4 aromatic rings. The van der Waals surface area contributed by atoms with Crippen molar-refractivity contribution in [1.82, 2.24) is 14.8 Å². The van der Waals surface area contributed by atoms with Gasteiger partial charge in [-0.1, -0.05) is 66.7 Å². The van der Waals surface area contributed by atoms with E-state index in [1.54, 1.807) is 0 Å². The van der Waals surface area contributed by atoms with Crippen LogP contribution in [0.25, 0.3) is 22.0 Å². The van der Waals surface area contributed by atoms with E-state index >= 15 is 0 Å². The second-order valence-electron chi connectivity index (χ2n) is 8.53. The Kier molecular flexibility index (Phi) is 4.39. The molecule has 2 aliphatic rings. The van der Waals surface area contributed by atoms with Gasteiger partial charge in [-0.05, 0) is 33.9 Å². The molecular weight excluding hydrogens is 382 g/mol. The molecule has 1 N–H and O–H groups in total. The Bertz CT molecular complexity index is 1220. The molecule has 6 rings (SSSR count). The lowest BCUT2D eigenvalue weighted by Gasteiger charge is -2.38. The van der Waals surface area contributed by atoms with Crippen LogP contribution in [0.15, 0.2) is 79.0 Å². The standard InChI is InChI=1S/C27H25N3O/c31-26(17-19-18-28-25-12-6-5-7-20(19)25)29-13-15-30(16-14-29)27-23-10-3-1-8-21(23)22-9-2-4-11-24(22)27/h1-12,18,27-28H,13-17H2. The molecule has 1 amide bonds. The van der Waals surface area contributed by atoms with E-state index in [0.717, 1.165) is 42.6 Å². The predicted molar refractivity (Wildman–Crippen MR) is 124 cm³/mol. The summed E-state index contributed by atoms with van der Waals surface area (Å²) in [6.07, 6.45) is 2.43. The molecule has 1 aliphatic carbocycles. The predicted octanol–water partition coefficient (Wildman–Crippen LogP) is 4.62. The van der Waals surface area contributed by atoms with Crippen molar-refractivity contribution in [2.75, 3.05) is 26.2 Å². The van der Waals surface area contributed by atoms with E-state index in [1.165, 1.54) is 22.3 Å². The number of benzene rings is 3. The molecule has 0 atom stereocenters. The quantitative estimate of drug-likeness (QED) is 0.538. The van der Waals surface area contributed by atoms with E-state index in [1.807, 2.05) is 23.2 Å². The number of hydrogen-bond acceptors (Lipinski definition) is 2. The minimum atomic E-state index is 0.219. The van der Waals surface area contributed by atoms with Crippen molar-refractivity contribution < 1.29 is 4.79 Å². The highest BCUT2D eigenvalue weighted by molar-refractivity contribution is 5.89. The third-order valence-corrected chi connectivity index (χ3v) is 6.85. The lowest BCUT2D eigenvalue weighted by atomic mass is 10.0. The van der Waals surface area contributed by atoms with Crippen molar-refractivity contribution in [2.24, 2.45) is 0 Å². The number of aromatic nitrogens is 1. The summed E-state index contributed by atoms with van der Waals surface area (Å²) in [6, 6.07) is 26.0. The fourth-order valence-corrected chi connectivity index (χ4v) is 5.30. The van der Waals surface area contributed by atoms with Crippen molar-refractivity contribution >= 4 is 16.8 Å². The smallest absolute Gasteiger partial charge is 0.227 e. The number of hydrogen-bond donors (Lipinski definition) is 1. The van der Waals surface area contributed by atoms with Crippen molar-refractivity contribution in [3.8, 4) is 11.1 Å². The molecule has 4 nitrogen and oxygen atoms in total. The summed E-state index contributed by atoms with van der Waals surface area (Å²) in [5.41, 5.74) is 7.65. The second-order valence-corrected chi connectivity index (χ2v) is 8.53. The largest absolute Gasteiger partial charge is 0.361 e. The number of nitrogens with zero attached hydrogens (tertiary/aromatic N) is 2. The van der Waals surface area contributed by atoms with Crippen LogP contribution in [0.4, 0.5) is 0 Å². The molecule has 1 aromatic heterocycles. The topological polar surface area (TPSA) is 39.3 Å². The van der Waals surface area contributed by atoms with Crippen molar-refractivity contribution in [3.63, 3.8) is 0 Å². The molecule has 154 valence electrons. The van der Waals surface area contributed by atoms with Crippen LogP contribution in [0.2, 0.25) is 0 Å². The number of aromatic amines is 1. The normalized spacial score (nSPS) is 16.5. The van der Waals surface area contributed by atoms with Crippen LogP contribution in [0.3, 0.4) is 0 Å². The van der Waals surface area contributed by atoms with E-state index in [2.05, 4.69) is 70.5 Å². The number of carbonyl (C=O) groups excluding carboxylic acids is 1. The first kappa shape index (κ1) is 18.4. The average molecular weight is 408 g/mol. The van der Waals surface area contributed by atoms with Crippen molar-refractivity contribution in [2.45, 2.75) is 12.5 Å². The van der Waals surface area contributed by atoms with Crippen LogP contribution in [0.1, 0.15) is 22.7 Å². The summed E-state index contributed by atoms with van der Waals surface area (Å²) in [6.45, 7) is 3.35. The Hall–Kier alpha value is -3.37. The fraction of sp³-hybridized carbons (Fsp3) is 0.222. The number of nitrogens with one attached hydrogen (secondary N) is 1. The van der Waals surface area contributed by atoms with Gasteiger partial charge in [-0.25, -0.2) is 0 Å². The maximum atomic E-state index is 13.0. The lowest BCUT2D eigenvalue weighted by molar-refractivity contribution is -0.132. The molecule has 0 saturated carbocycles. The van der Waals surface area contributed by atoms with Crippen molar-refractivity contribution in [3.05, 3.63) is 95.7 Å². The summed E-state index contributed by atoms with van der Waals surface area (Å²) >= 11 is 0. The van der Waals surface area contributed by atoms with Crippen LogP contribution < -0.4 is 0 Å². The highest BCUT2D eigenvalue weighted by Gasteiger charge is 2.34. The summed E-state index contributed by atoms with van der Waals surface area (Å²) < 4.78 is 0. The number of rotatable bonds is 3. The molecule has 0 radical (unpaired) electrons. The highest BCUT2D eigenvalue weighted by Crippen LogP contribution is 2.46. The van der Waals surface area contributed by atoms with Gasteiger partial charge in [0, 0.05) is 43.3 Å². The molecule has 31 heavy (non-hydrogen) atoms. The first-order valence-corrected chi connectivity index (χ1v) is 11.0. The Balaban J connectivity index is 1.18. The molecule has 1 fully saturated rings.